The lowest BCUT2D eigenvalue weighted by Crippen LogP contribution is -1.69. The van der Waals surface area contributed by atoms with Crippen molar-refractivity contribution in [3.05, 3.63) is 11.8 Å². The second kappa shape index (κ2) is 5.54. The molecule has 0 spiro atoms. The van der Waals surface area contributed by atoms with Crippen molar-refractivity contribution >= 4 is 6.21 Å². The van der Waals surface area contributed by atoms with E-state index in [4.69, 9.17) is 0 Å². The van der Waals surface area contributed by atoms with Gasteiger partial charge in [-0.3, -0.25) is 4.99 Å². The standard InChI is InChI=1S/C8H15N/c1-4-6-9-7-8(3)5-2/h6-7H,4-5H2,1-3H3. The summed E-state index contributed by atoms with van der Waals surface area (Å²) in [5, 5.41) is 0. The zero-order chi connectivity index (χ0) is 7.11. The molecule has 0 saturated carbocycles. The predicted molar refractivity (Wildman–Crippen MR) is 42.8 cm³/mol. The van der Waals surface area contributed by atoms with Gasteiger partial charge in [0.15, 0.2) is 0 Å². The minimum Gasteiger partial charge on any atom is -0.269 e. The molecule has 0 aliphatic carbocycles. The molecule has 1 heteroatoms. The lowest BCUT2D eigenvalue weighted by molar-refractivity contribution is 1.09. The molecule has 0 aromatic carbocycles. The highest BCUT2D eigenvalue weighted by Gasteiger charge is 1.77. The lowest BCUT2D eigenvalue weighted by atomic mass is 10.3. The van der Waals surface area contributed by atoms with Crippen LogP contribution in [0.1, 0.15) is 33.6 Å². The number of hydrogen-bond donors (Lipinski definition) is 0. The van der Waals surface area contributed by atoms with Gasteiger partial charge in [0, 0.05) is 12.4 Å². The SMILES string of the molecule is CCC=NC=C(C)CC. The Morgan fingerprint density at radius 1 is 1.44 bits per heavy atom. The van der Waals surface area contributed by atoms with E-state index in [0.717, 1.165) is 12.8 Å². The molecule has 9 heavy (non-hydrogen) atoms. The molecule has 0 radical (unpaired) electrons. The first-order valence-corrected chi connectivity index (χ1v) is 3.48. The molecule has 52 valence electrons. The van der Waals surface area contributed by atoms with Gasteiger partial charge in [0.05, 0.1) is 0 Å². The van der Waals surface area contributed by atoms with Crippen LogP contribution < -0.4 is 0 Å². The summed E-state index contributed by atoms with van der Waals surface area (Å²) >= 11 is 0. The molecule has 0 saturated heterocycles. The topological polar surface area (TPSA) is 12.4 Å². The summed E-state index contributed by atoms with van der Waals surface area (Å²) in [6, 6.07) is 0. The molecule has 0 aromatic heterocycles. The fourth-order valence-electron chi connectivity index (χ4n) is 0.377. The molecular weight excluding hydrogens is 110 g/mol. The molecule has 0 unspecified atom stereocenters. The zero-order valence-corrected chi connectivity index (χ0v) is 6.52. The smallest absolute Gasteiger partial charge is 0.0252 e. The summed E-state index contributed by atoms with van der Waals surface area (Å²) in [5.41, 5.74) is 1.33. The van der Waals surface area contributed by atoms with Gasteiger partial charge in [-0.05, 0) is 19.8 Å². The van der Waals surface area contributed by atoms with Crippen molar-refractivity contribution in [2.45, 2.75) is 33.6 Å². The number of hydrogen-bond acceptors (Lipinski definition) is 1. The number of aliphatic imine (C=N–C) groups is 1. The third kappa shape index (κ3) is 5.28. The first-order valence-electron chi connectivity index (χ1n) is 3.48. The number of rotatable bonds is 3. The van der Waals surface area contributed by atoms with Crippen LogP contribution in [0, 0.1) is 0 Å². The van der Waals surface area contributed by atoms with Gasteiger partial charge in [-0.2, -0.15) is 0 Å². The summed E-state index contributed by atoms with van der Waals surface area (Å²) in [6.07, 6.45) is 5.96. The first-order chi connectivity index (χ1) is 4.31. The van der Waals surface area contributed by atoms with E-state index in [1.54, 1.807) is 0 Å². The summed E-state index contributed by atoms with van der Waals surface area (Å²) in [4.78, 5) is 4.07. The predicted octanol–water partition coefficient (Wildman–Crippen LogP) is 2.78. The maximum Gasteiger partial charge on any atom is 0.0252 e. The Bertz CT molecular complexity index is 112. The molecule has 0 atom stereocenters. The van der Waals surface area contributed by atoms with Crippen LogP contribution in [0.5, 0.6) is 0 Å². The number of allylic oxidation sites excluding steroid dienone is 1. The summed E-state index contributed by atoms with van der Waals surface area (Å²) in [7, 11) is 0. The van der Waals surface area contributed by atoms with Crippen LogP contribution in [0.15, 0.2) is 16.8 Å². The summed E-state index contributed by atoms with van der Waals surface area (Å²) in [6.45, 7) is 6.30. The van der Waals surface area contributed by atoms with Crippen molar-refractivity contribution in [2.75, 3.05) is 0 Å². The highest BCUT2D eigenvalue weighted by atomic mass is 14.7. The van der Waals surface area contributed by atoms with Gasteiger partial charge in [-0.25, -0.2) is 0 Å². The van der Waals surface area contributed by atoms with E-state index >= 15 is 0 Å². The molecule has 0 aliphatic rings. The van der Waals surface area contributed by atoms with Gasteiger partial charge in [-0.15, -0.1) is 0 Å². The van der Waals surface area contributed by atoms with E-state index in [0.29, 0.717) is 0 Å². The molecule has 1 nitrogen and oxygen atoms in total. The first kappa shape index (κ1) is 8.41. The van der Waals surface area contributed by atoms with Crippen LogP contribution in [0.2, 0.25) is 0 Å². The minimum absolute atomic E-state index is 1.02. The highest BCUT2D eigenvalue weighted by molar-refractivity contribution is 5.57. The molecule has 0 bridgehead atoms. The van der Waals surface area contributed by atoms with Crippen LogP contribution in [0.25, 0.3) is 0 Å². The van der Waals surface area contributed by atoms with E-state index in [1.165, 1.54) is 5.57 Å². The van der Waals surface area contributed by atoms with Crippen molar-refractivity contribution in [2.24, 2.45) is 4.99 Å². The Morgan fingerprint density at radius 3 is 2.56 bits per heavy atom. The quantitative estimate of drug-likeness (QED) is 0.514. The maximum absolute atomic E-state index is 4.07. The number of nitrogens with zero attached hydrogens (tertiary/aromatic N) is 1. The molecule has 0 aromatic rings. The van der Waals surface area contributed by atoms with Gasteiger partial charge in [0.2, 0.25) is 0 Å². The maximum atomic E-state index is 4.07. The minimum atomic E-state index is 1.02. The fourth-order valence-corrected chi connectivity index (χ4v) is 0.377. The largest absolute Gasteiger partial charge is 0.269 e. The van der Waals surface area contributed by atoms with E-state index in [1.807, 2.05) is 12.4 Å². The van der Waals surface area contributed by atoms with Crippen LogP contribution in [-0.2, 0) is 0 Å². The Hall–Kier alpha value is -0.590. The Morgan fingerprint density at radius 2 is 2.11 bits per heavy atom. The van der Waals surface area contributed by atoms with Gasteiger partial charge in [0.25, 0.3) is 0 Å². The van der Waals surface area contributed by atoms with E-state index in [-0.39, 0.29) is 0 Å². The van der Waals surface area contributed by atoms with Gasteiger partial charge < -0.3 is 0 Å². The second-order valence-corrected chi connectivity index (χ2v) is 2.07. The van der Waals surface area contributed by atoms with E-state index in [2.05, 4.69) is 25.8 Å². The molecule has 0 N–H and O–H groups in total. The van der Waals surface area contributed by atoms with Crippen LogP contribution >= 0.6 is 0 Å². The third-order valence-corrected chi connectivity index (χ3v) is 1.14. The average molecular weight is 125 g/mol. The molecular formula is C8H15N. The molecule has 0 heterocycles. The summed E-state index contributed by atoms with van der Waals surface area (Å²) in [5.74, 6) is 0. The van der Waals surface area contributed by atoms with E-state index < -0.39 is 0 Å². The van der Waals surface area contributed by atoms with Crippen molar-refractivity contribution in [3.63, 3.8) is 0 Å². The highest BCUT2D eigenvalue weighted by Crippen LogP contribution is 1.96. The van der Waals surface area contributed by atoms with Gasteiger partial charge in [0.1, 0.15) is 0 Å². The summed E-state index contributed by atoms with van der Waals surface area (Å²) < 4.78 is 0. The van der Waals surface area contributed by atoms with Crippen molar-refractivity contribution in [1.82, 2.24) is 0 Å². The van der Waals surface area contributed by atoms with Crippen molar-refractivity contribution in [3.8, 4) is 0 Å². The monoisotopic (exact) mass is 125 g/mol. The van der Waals surface area contributed by atoms with E-state index in [9.17, 15) is 0 Å². The normalized spacial score (nSPS) is 13.0. The van der Waals surface area contributed by atoms with Crippen LogP contribution in [-0.4, -0.2) is 6.21 Å². The fraction of sp³-hybridized carbons (Fsp3) is 0.625. The third-order valence-electron chi connectivity index (χ3n) is 1.14. The Kier molecular flexibility index (Phi) is 5.18. The second-order valence-electron chi connectivity index (χ2n) is 2.07. The molecule has 0 amide bonds. The van der Waals surface area contributed by atoms with Gasteiger partial charge >= 0.3 is 0 Å². The molecule has 0 aliphatic heterocycles. The lowest BCUT2D eigenvalue weighted by Gasteiger charge is -1.87. The Labute approximate surface area is 57.5 Å². The van der Waals surface area contributed by atoms with Crippen LogP contribution in [0.4, 0.5) is 0 Å². The van der Waals surface area contributed by atoms with Gasteiger partial charge in [-0.1, -0.05) is 19.4 Å². The van der Waals surface area contributed by atoms with Crippen LogP contribution in [0.3, 0.4) is 0 Å². The average Bonchev–Trinajstić information content (AvgIpc) is 1.89. The molecule has 0 fully saturated rings. The Balaban J connectivity index is 3.55. The zero-order valence-electron chi connectivity index (χ0n) is 6.52. The van der Waals surface area contributed by atoms with Crippen molar-refractivity contribution < 1.29 is 0 Å². The van der Waals surface area contributed by atoms with Crippen molar-refractivity contribution in [1.29, 1.82) is 0 Å². The molecule has 0 rings (SSSR count).